The molecule has 2 aromatic rings. The molecule has 0 bridgehead atoms. The number of hydrogen-bond acceptors (Lipinski definition) is 3. The SMILES string of the molecule is C1=C(c2ccccn2)N=C(c2ccccn2)C1.[Cl][Fe][Cl]. The van der Waals surface area contributed by atoms with Crippen molar-refractivity contribution in [3.8, 4) is 0 Å². The van der Waals surface area contributed by atoms with Gasteiger partial charge in [0, 0.05) is 18.8 Å². The molecular weight excluding hydrogens is 337 g/mol. The van der Waals surface area contributed by atoms with Gasteiger partial charge in [-0.2, -0.15) is 0 Å². The molecule has 0 saturated carbocycles. The summed E-state index contributed by atoms with van der Waals surface area (Å²) in [6.45, 7) is 0. The third-order valence-corrected chi connectivity index (χ3v) is 2.63. The second-order valence-electron chi connectivity index (χ2n) is 3.83. The molecule has 0 saturated heterocycles. The van der Waals surface area contributed by atoms with Gasteiger partial charge in [-0.1, -0.05) is 18.2 Å². The predicted octanol–water partition coefficient (Wildman–Crippen LogP) is 4.09. The van der Waals surface area contributed by atoms with Crippen molar-refractivity contribution in [2.45, 2.75) is 6.42 Å². The first-order valence-corrected chi connectivity index (χ1v) is 8.84. The van der Waals surface area contributed by atoms with Gasteiger partial charge in [0.25, 0.3) is 0 Å². The molecule has 20 heavy (non-hydrogen) atoms. The van der Waals surface area contributed by atoms with Gasteiger partial charge in [0.15, 0.2) is 0 Å². The molecule has 1 aliphatic rings. The summed E-state index contributed by atoms with van der Waals surface area (Å²) in [7, 11) is 9.53. The molecule has 0 N–H and O–H groups in total. The number of allylic oxidation sites excluding steroid dienone is 1. The Kier molecular flexibility index (Phi) is 6.21. The van der Waals surface area contributed by atoms with Crippen LogP contribution < -0.4 is 0 Å². The molecule has 0 radical (unpaired) electrons. The number of aromatic nitrogens is 2. The summed E-state index contributed by atoms with van der Waals surface area (Å²) in [4.78, 5) is 13.2. The minimum absolute atomic E-state index is 0.194. The Bertz CT molecular complexity index is 600. The van der Waals surface area contributed by atoms with E-state index in [2.05, 4.69) is 21.0 Å². The van der Waals surface area contributed by atoms with Gasteiger partial charge in [-0.15, -0.1) is 0 Å². The fraction of sp³-hybridized carbons (Fsp3) is 0.0714. The van der Waals surface area contributed by atoms with E-state index in [4.69, 9.17) is 20.2 Å². The van der Waals surface area contributed by atoms with Crippen molar-refractivity contribution in [2.24, 2.45) is 4.99 Å². The average Bonchev–Trinajstić information content (AvgIpc) is 3.00. The predicted molar refractivity (Wildman–Crippen MR) is 79.3 cm³/mol. The molecule has 0 aliphatic carbocycles. The van der Waals surface area contributed by atoms with Gasteiger partial charge in [0.1, 0.15) is 0 Å². The van der Waals surface area contributed by atoms with Crippen LogP contribution in [0.3, 0.4) is 0 Å². The molecule has 0 spiro atoms. The van der Waals surface area contributed by atoms with Crippen LogP contribution in [0, 0.1) is 0 Å². The third-order valence-electron chi connectivity index (χ3n) is 2.63. The molecule has 0 amide bonds. The van der Waals surface area contributed by atoms with Crippen molar-refractivity contribution in [1.29, 1.82) is 0 Å². The zero-order valence-corrected chi connectivity index (χ0v) is 13.0. The summed E-state index contributed by atoms with van der Waals surface area (Å²) in [5.41, 5.74) is 3.80. The molecule has 3 rings (SSSR count). The molecule has 0 atom stereocenters. The van der Waals surface area contributed by atoms with Crippen molar-refractivity contribution >= 4 is 31.6 Å². The monoisotopic (exact) mass is 347 g/mol. The molecule has 0 fully saturated rings. The van der Waals surface area contributed by atoms with E-state index in [1.54, 1.807) is 12.4 Å². The average molecular weight is 348 g/mol. The number of rotatable bonds is 2. The molecule has 0 unspecified atom stereocenters. The molecule has 1 aliphatic heterocycles. The molecule has 104 valence electrons. The first kappa shape index (κ1) is 15.2. The summed E-state index contributed by atoms with van der Waals surface area (Å²) in [6.07, 6.45) is 6.48. The van der Waals surface area contributed by atoms with E-state index < -0.39 is 0 Å². The van der Waals surface area contributed by atoms with E-state index in [9.17, 15) is 0 Å². The van der Waals surface area contributed by atoms with E-state index in [0.29, 0.717) is 0 Å². The van der Waals surface area contributed by atoms with Gasteiger partial charge >= 0.3 is 33.3 Å². The van der Waals surface area contributed by atoms with E-state index in [1.807, 2.05) is 36.4 Å². The maximum atomic E-state index is 4.76. The van der Waals surface area contributed by atoms with Crippen molar-refractivity contribution < 1.29 is 13.1 Å². The fourth-order valence-electron chi connectivity index (χ4n) is 1.80. The Balaban J connectivity index is 0.000000452. The fourth-order valence-corrected chi connectivity index (χ4v) is 1.80. The maximum absolute atomic E-state index is 4.76. The Morgan fingerprint density at radius 3 is 2.05 bits per heavy atom. The van der Waals surface area contributed by atoms with Crippen molar-refractivity contribution in [2.75, 3.05) is 0 Å². The van der Waals surface area contributed by atoms with Crippen LogP contribution in [0.2, 0.25) is 0 Å². The Morgan fingerprint density at radius 1 is 0.900 bits per heavy atom. The van der Waals surface area contributed by atoms with Gasteiger partial charge < -0.3 is 0 Å². The topological polar surface area (TPSA) is 38.1 Å². The normalized spacial score (nSPS) is 13.3. The van der Waals surface area contributed by atoms with Crippen LogP contribution in [0.4, 0.5) is 0 Å². The summed E-state index contributed by atoms with van der Waals surface area (Å²) >= 11 is 0.194. The number of pyridine rings is 2. The molecule has 6 heteroatoms. The Morgan fingerprint density at radius 2 is 1.50 bits per heavy atom. The molecule has 3 heterocycles. The number of halogens is 2. The summed E-state index contributed by atoms with van der Waals surface area (Å²) in [5.74, 6) is 0. The molecule has 3 nitrogen and oxygen atoms in total. The van der Waals surface area contributed by atoms with Gasteiger partial charge in [0.2, 0.25) is 0 Å². The second kappa shape index (κ2) is 8.18. The quantitative estimate of drug-likeness (QED) is 0.767. The standard InChI is InChI=1S/C14H11N3.2ClH.Fe/c1-3-9-15-11(5-1)13-7-8-14(17-13)12-6-2-4-10-16-12;;;/h1-7,9-10H,8H2;2*1H;/q;;;+2/p-2. The van der Waals surface area contributed by atoms with Crippen LogP contribution in [-0.2, 0) is 13.1 Å². The van der Waals surface area contributed by atoms with Crippen molar-refractivity contribution in [3.05, 3.63) is 66.3 Å². The number of hydrogen-bond donors (Lipinski definition) is 0. The number of aliphatic imine (C=N–C) groups is 1. The summed E-state index contributed by atoms with van der Waals surface area (Å²) in [5, 5.41) is 0. The third kappa shape index (κ3) is 4.15. The minimum atomic E-state index is 0.194. The van der Waals surface area contributed by atoms with Crippen LogP contribution in [0.15, 0.2) is 59.9 Å². The van der Waals surface area contributed by atoms with E-state index in [0.717, 1.165) is 29.2 Å². The van der Waals surface area contributed by atoms with E-state index in [1.165, 1.54) is 0 Å². The zero-order valence-electron chi connectivity index (χ0n) is 10.4. The molecule has 2 aromatic heterocycles. The van der Waals surface area contributed by atoms with Gasteiger partial charge in [-0.3, -0.25) is 9.97 Å². The second-order valence-corrected chi connectivity index (χ2v) is 5.66. The van der Waals surface area contributed by atoms with Crippen LogP contribution in [0.25, 0.3) is 5.70 Å². The van der Waals surface area contributed by atoms with Crippen molar-refractivity contribution in [3.63, 3.8) is 0 Å². The van der Waals surface area contributed by atoms with Gasteiger partial charge in [-0.25, -0.2) is 4.99 Å². The summed E-state index contributed by atoms with van der Waals surface area (Å²) < 4.78 is 0. The zero-order chi connectivity index (χ0) is 14.2. The first-order chi connectivity index (χ1) is 9.85. The van der Waals surface area contributed by atoms with Crippen LogP contribution in [-0.4, -0.2) is 15.7 Å². The van der Waals surface area contributed by atoms with Crippen molar-refractivity contribution in [1.82, 2.24) is 9.97 Å². The van der Waals surface area contributed by atoms with Crippen LogP contribution >= 0.6 is 20.2 Å². The Hall–Kier alpha value is -1.19. The van der Waals surface area contributed by atoms with Crippen LogP contribution in [0.1, 0.15) is 17.8 Å². The van der Waals surface area contributed by atoms with Gasteiger partial charge in [0.05, 0.1) is 22.8 Å². The molecular formula is C14H11Cl2FeN3. The summed E-state index contributed by atoms with van der Waals surface area (Å²) in [6, 6.07) is 11.7. The molecule has 0 aromatic carbocycles. The van der Waals surface area contributed by atoms with E-state index >= 15 is 0 Å². The Labute approximate surface area is 132 Å². The number of nitrogens with zero attached hydrogens (tertiary/aromatic N) is 3. The first-order valence-electron chi connectivity index (χ1n) is 5.81. The van der Waals surface area contributed by atoms with Crippen LogP contribution in [0.5, 0.6) is 0 Å². The van der Waals surface area contributed by atoms with Gasteiger partial charge in [-0.05, 0) is 24.3 Å². The van der Waals surface area contributed by atoms with E-state index in [-0.39, 0.29) is 13.1 Å².